The molecule has 0 atom stereocenters. The molecule has 1 aliphatic rings. The molecule has 1 saturated heterocycles. The van der Waals surface area contributed by atoms with Crippen LogP contribution in [0.5, 0.6) is 0 Å². The van der Waals surface area contributed by atoms with Crippen LogP contribution in [0.2, 0.25) is 0 Å². The van der Waals surface area contributed by atoms with Crippen LogP contribution < -0.4 is 5.32 Å². The van der Waals surface area contributed by atoms with Crippen molar-refractivity contribution < 1.29 is 19.2 Å². The Bertz CT molecular complexity index is 1080. The van der Waals surface area contributed by atoms with Gasteiger partial charge in [-0.15, -0.1) is 11.3 Å². The van der Waals surface area contributed by atoms with Crippen molar-refractivity contribution in [2.75, 3.05) is 13.1 Å². The predicted molar refractivity (Wildman–Crippen MR) is 120 cm³/mol. The molecule has 2 aromatic carbocycles. The van der Waals surface area contributed by atoms with Crippen molar-refractivity contribution in [3.63, 3.8) is 0 Å². The molecule has 1 aromatic heterocycles. The molecule has 1 fully saturated rings. The van der Waals surface area contributed by atoms with Crippen LogP contribution in [0.1, 0.15) is 22.0 Å². The van der Waals surface area contributed by atoms with Gasteiger partial charge < -0.3 is 5.32 Å². The molecule has 5 amide bonds. The van der Waals surface area contributed by atoms with Gasteiger partial charge in [-0.3, -0.25) is 19.3 Å². The molecule has 0 unspecified atom stereocenters. The third-order valence-corrected chi connectivity index (χ3v) is 6.11. The number of amides is 5. The van der Waals surface area contributed by atoms with E-state index in [1.165, 1.54) is 11.3 Å². The Kier molecular flexibility index (Phi) is 6.42. The van der Waals surface area contributed by atoms with Gasteiger partial charge in [0.05, 0.1) is 6.04 Å². The summed E-state index contributed by atoms with van der Waals surface area (Å²) in [6.07, 6.45) is 0.465. The van der Waals surface area contributed by atoms with E-state index < -0.39 is 36.3 Å². The quantitative estimate of drug-likeness (QED) is 0.425. The van der Waals surface area contributed by atoms with Gasteiger partial charge in [-0.05, 0) is 22.6 Å². The highest BCUT2D eigenvalue weighted by atomic mass is 32.1. The number of benzene rings is 2. The fraction of sp³-hybridized carbons (Fsp3) is 0.167. The minimum atomic E-state index is -0.979. The number of thiophene rings is 1. The van der Waals surface area contributed by atoms with Gasteiger partial charge in [0.15, 0.2) is 0 Å². The average Bonchev–Trinajstić information content (AvgIpc) is 3.41. The molecule has 1 N–H and O–H groups in total. The van der Waals surface area contributed by atoms with Crippen molar-refractivity contribution in [1.29, 1.82) is 0 Å². The minimum Gasteiger partial charge on any atom is -0.344 e. The predicted octanol–water partition coefficient (Wildman–Crippen LogP) is 2.99. The molecule has 2 heterocycles. The largest absolute Gasteiger partial charge is 0.344 e. The maximum Gasteiger partial charge on any atom is 0.334 e. The van der Waals surface area contributed by atoms with Gasteiger partial charge >= 0.3 is 17.8 Å². The van der Waals surface area contributed by atoms with Crippen LogP contribution in [0.25, 0.3) is 0 Å². The van der Waals surface area contributed by atoms with Gasteiger partial charge in [-0.25, -0.2) is 9.69 Å². The Labute approximate surface area is 189 Å². The standard InChI is InChI=1S/C24H21N3O4S/c28-20(25-21(17-8-3-1-4-9-17)18-10-5-2-6-11-18)16-27-23(30)22(29)26(24(27)31)14-13-19-12-7-15-32-19/h1-12,15,21H,13-14,16H2,(H,25,28). The molecule has 7 nitrogen and oxygen atoms in total. The third kappa shape index (κ3) is 4.60. The Balaban J connectivity index is 1.45. The van der Waals surface area contributed by atoms with Gasteiger partial charge in [-0.1, -0.05) is 66.7 Å². The lowest BCUT2D eigenvalue weighted by Gasteiger charge is -2.21. The topological polar surface area (TPSA) is 86.8 Å². The second-order valence-electron chi connectivity index (χ2n) is 7.28. The van der Waals surface area contributed by atoms with Crippen LogP contribution in [0.15, 0.2) is 78.2 Å². The number of urea groups is 1. The Morgan fingerprint density at radius 1 is 0.812 bits per heavy atom. The van der Waals surface area contributed by atoms with Gasteiger partial charge in [-0.2, -0.15) is 0 Å². The Morgan fingerprint density at radius 3 is 1.97 bits per heavy atom. The monoisotopic (exact) mass is 447 g/mol. The lowest BCUT2D eigenvalue weighted by Crippen LogP contribution is -2.42. The summed E-state index contributed by atoms with van der Waals surface area (Å²) in [5, 5.41) is 4.79. The van der Waals surface area contributed by atoms with Gasteiger partial charge in [0.2, 0.25) is 5.91 Å². The zero-order valence-corrected chi connectivity index (χ0v) is 18.0. The van der Waals surface area contributed by atoms with Crippen LogP contribution in [0.4, 0.5) is 4.79 Å². The lowest BCUT2D eigenvalue weighted by atomic mass is 9.99. The summed E-state index contributed by atoms with van der Waals surface area (Å²) in [6.45, 7) is -0.423. The Hall–Kier alpha value is -3.78. The number of rotatable bonds is 8. The van der Waals surface area contributed by atoms with Crippen molar-refractivity contribution in [2.24, 2.45) is 0 Å². The molecule has 0 bridgehead atoms. The fourth-order valence-electron chi connectivity index (χ4n) is 3.56. The van der Waals surface area contributed by atoms with E-state index in [-0.39, 0.29) is 6.54 Å². The highest BCUT2D eigenvalue weighted by molar-refractivity contribution is 7.09. The first-order valence-corrected chi connectivity index (χ1v) is 11.0. The van der Waals surface area contributed by atoms with Gasteiger partial charge in [0.25, 0.3) is 0 Å². The maximum atomic E-state index is 12.8. The molecule has 8 heteroatoms. The molecular formula is C24H21N3O4S. The highest BCUT2D eigenvalue weighted by Gasteiger charge is 2.45. The summed E-state index contributed by atoms with van der Waals surface area (Å²) in [6, 6.07) is 21.4. The Morgan fingerprint density at radius 2 is 1.41 bits per heavy atom. The van der Waals surface area contributed by atoms with Gasteiger partial charge in [0, 0.05) is 17.8 Å². The SMILES string of the molecule is O=C(CN1C(=O)C(=O)N(CCc2cccs2)C1=O)NC(c1ccccc1)c1ccccc1. The second kappa shape index (κ2) is 9.57. The highest BCUT2D eigenvalue weighted by Crippen LogP contribution is 2.22. The van der Waals surface area contributed by atoms with Crippen molar-refractivity contribution in [2.45, 2.75) is 12.5 Å². The van der Waals surface area contributed by atoms with Gasteiger partial charge in [0.1, 0.15) is 6.54 Å². The number of hydrogen-bond acceptors (Lipinski definition) is 5. The van der Waals surface area contributed by atoms with Crippen LogP contribution in [-0.2, 0) is 20.8 Å². The maximum absolute atomic E-state index is 12.8. The van der Waals surface area contributed by atoms with E-state index >= 15 is 0 Å². The molecule has 3 aromatic rings. The third-order valence-electron chi connectivity index (χ3n) is 5.17. The average molecular weight is 448 g/mol. The summed E-state index contributed by atoms with van der Waals surface area (Å²) in [5.74, 6) is -2.41. The van der Waals surface area contributed by atoms with E-state index in [2.05, 4.69) is 5.32 Å². The van der Waals surface area contributed by atoms with E-state index in [1.54, 1.807) is 0 Å². The first kappa shape index (κ1) is 21.5. The van der Waals surface area contributed by atoms with E-state index in [0.717, 1.165) is 20.9 Å². The molecule has 162 valence electrons. The van der Waals surface area contributed by atoms with Crippen molar-refractivity contribution in [1.82, 2.24) is 15.1 Å². The van der Waals surface area contributed by atoms with E-state index in [4.69, 9.17) is 0 Å². The van der Waals surface area contributed by atoms with E-state index in [9.17, 15) is 19.2 Å². The van der Waals surface area contributed by atoms with Crippen LogP contribution in [0.3, 0.4) is 0 Å². The summed E-state index contributed by atoms with van der Waals surface area (Å²) in [5.41, 5.74) is 1.72. The normalized spacial score (nSPS) is 13.8. The summed E-state index contributed by atoms with van der Waals surface area (Å²) in [4.78, 5) is 52.8. The molecule has 0 radical (unpaired) electrons. The zero-order valence-electron chi connectivity index (χ0n) is 17.1. The number of imide groups is 2. The van der Waals surface area contributed by atoms with Crippen molar-refractivity contribution >= 4 is 35.1 Å². The van der Waals surface area contributed by atoms with Crippen LogP contribution in [-0.4, -0.2) is 46.6 Å². The summed E-state index contributed by atoms with van der Waals surface area (Å²) >= 11 is 1.51. The number of carbonyl (C=O) groups excluding carboxylic acids is 4. The zero-order chi connectivity index (χ0) is 22.5. The summed E-state index contributed by atoms with van der Waals surface area (Å²) in [7, 11) is 0. The van der Waals surface area contributed by atoms with Crippen LogP contribution >= 0.6 is 11.3 Å². The van der Waals surface area contributed by atoms with Crippen molar-refractivity contribution in [3.8, 4) is 0 Å². The molecule has 32 heavy (non-hydrogen) atoms. The van der Waals surface area contributed by atoms with Crippen LogP contribution in [0, 0.1) is 0 Å². The lowest BCUT2D eigenvalue weighted by molar-refractivity contribution is -0.144. The van der Waals surface area contributed by atoms with Crippen molar-refractivity contribution in [3.05, 3.63) is 94.2 Å². The molecule has 4 rings (SSSR count). The molecular weight excluding hydrogens is 426 g/mol. The molecule has 0 saturated carbocycles. The number of carbonyl (C=O) groups is 4. The first-order chi connectivity index (χ1) is 15.5. The second-order valence-corrected chi connectivity index (χ2v) is 8.31. The first-order valence-electron chi connectivity index (χ1n) is 10.1. The number of nitrogens with zero attached hydrogens (tertiary/aromatic N) is 2. The van der Waals surface area contributed by atoms with E-state index in [0.29, 0.717) is 11.3 Å². The molecule has 0 spiro atoms. The molecule has 1 aliphatic heterocycles. The fourth-order valence-corrected chi connectivity index (χ4v) is 4.26. The van der Waals surface area contributed by atoms with E-state index in [1.807, 2.05) is 78.2 Å². The molecule has 0 aliphatic carbocycles. The smallest absolute Gasteiger partial charge is 0.334 e. The minimum absolute atomic E-state index is 0.0959. The number of nitrogens with one attached hydrogen (secondary N) is 1. The summed E-state index contributed by atoms with van der Waals surface area (Å²) < 4.78 is 0. The number of hydrogen-bond donors (Lipinski definition) is 1.